The summed E-state index contributed by atoms with van der Waals surface area (Å²) >= 11 is 0. The number of carbonyl (C=O) groups excluding carboxylic acids is 1. The van der Waals surface area contributed by atoms with Crippen molar-refractivity contribution >= 4 is 23.0 Å². The number of aryl methyl sites for hydroxylation is 1. The van der Waals surface area contributed by atoms with Gasteiger partial charge in [-0.05, 0) is 18.1 Å². The van der Waals surface area contributed by atoms with Crippen molar-refractivity contribution < 1.29 is 14.6 Å². The van der Waals surface area contributed by atoms with Gasteiger partial charge in [0.1, 0.15) is 5.69 Å². The van der Waals surface area contributed by atoms with Gasteiger partial charge in [0.05, 0.1) is 15.9 Å². The van der Waals surface area contributed by atoms with Gasteiger partial charge < -0.3 is 0 Å². The van der Waals surface area contributed by atoms with Crippen LogP contribution in [0.2, 0.25) is 0 Å². The van der Waals surface area contributed by atoms with Gasteiger partial charge in [-0.25, -0.2) is 0 Å². The van der Waals surface area contributed by atoms with Crippen molar-refractivity contribution in [3.8, 4) is 0 Å². The van der Waals surface area contributed by atoms with Crippen LogP contribution in [0.1, 0.15) is 12.0 Å². The van der Waals surface area contributed by atoms with Gasteiger partial charge in [-0.2, -0.15) is 0 Å². The van der Waals surface area contributed by atoms with Crippen LogP contribution in [-0.2, 0) is 11.2 Å². The zero-order valence-corrected chi connectivity index (χ0v) is 12.5. The van der Waals surface area contributed by atoms with Gasteiger partial charge in [0.25, 0.3) is 5.69 Å². The number of anilines is 1. The molecule has 0 aromatic heterocycles. The molecule has 0 heterocycles. The minimum Gasteiger partial charge on any atom is -0.292 e. The molecule has 124 valence electrons. The van der Waals surface area contributed by atoms with Crippen LogP contribution in [0.5, 0.6) is 0 Å². The summed E-state index contributed by atoms with van der Waals surface area (Å²) in [5.41, 5.74) is 4.85. The predicted molar refractivity (Wildman–Crippen MR) is 86.3 cm³/mol. The molecule has 2 aromatic rings. The number of rotatable bonds is 7. The Morgan fingerprint density at radius 3 is 2.33 bits per heavy atom. The molecule has 0 saturated heterocycles. The first-order chi connectivity index (χ1) is 11.5. The second-order valence-electron chi connectivity index (χ2n) is 4.87. The van der Waals surface area contributed by atoms with Crippen molar-refractivity contribution in [3.05, 3.63) is 74.3 Å². The molecule has 2 rings (SSSR count). The molecular formula is C15H14N4O5. The average Bonchev–Trinajstić information content (AvgIpc) is 2.58. The van der Waals surface area contributed by atoms with Crippen molar-refractivity contribution in [2.75, 3.05) is 5.43 Å². The zero-order chi connectivity index (χ0) is 17.5. The highest BCUT2D eigenvalue weighted by atomic mass is 16.6. The topological polar surface area (TPSA) is 127 Å². The molecule has 0 radical (unpaired) electrons. The number of hydrogen-bond acceptors (Lipinski definition) is 6. The normalized spacial score (nSPS) is 10.0. The van der Waals surface area contributed by atoms with Crippen LogP contribution in [-0.4, -0.2) is 15.8 Å². The van der Waals surface area contributed by atoms with Crippen LogP contribution in [0.3, 0.4) is 0 Å². The van der Waals surface area contributed by atoms with E-state index in [1.54, 1.807) is 0 Å². The fourth-order valence-electron chi connectivity index (χ4n) is 1.99. The standard InChI is InChI=1S/C15H14N4O5/c20-15(9-6-11-4-2-1-3-5-11)17-16-13-8-7-12(18(21)22)10-14(13)19(23)24/h1-5,7-8,10,16H,6,9H2,(H,17,20). The quantitative estimate of drug-likeness (QED) is 0.593. The molecule has 0 saturated carbocycles. The van der Waals surface area contributed by atoms with Gasteiger partial charge in [-0.3, -0.25) is 35.9 Å². The summed E-state index contributed by atoms with van der Waals surface area (Å²) in [5, 5.41) is 21.6. The monoisotopic (exact) mass is 330 g/mol. The summed E-state index contributed by atoms with van der Waals surface area (Å²) in [6.07, 6.45) is 0.717. The molecule has 0 aliphatic carbocycles. The third kappa shape index (κ3) is 4.50. The summed E-state index contributed by atoms with van der Waals surface area (Å²) in [6, 6.07) is 12.5. The maximum absolute atomic E-state index is 11.8. The Labute approximate surface area is 136 Å². The van der Waals surface area contributed by atoms with Gasteiger partial charge >= 0.3 is 5.69 Å². The van der Waals surface area contributed by atoms with E-state index in [-0.39, 0.29) is 18.0 Å². The average molecular weight is 330 g/mol. The Morgan fingerprint density at radius 2 is 1.71 bits per heavy atom. The second kappa shape index (κ2) is 7.68. The minimum atomic E-state index is -0.758. The van der Waals surface area contributed by atoms with E-state index in [0.29, 0.717) is 6.42 Å². The number of carbonyl (C=O) groups is 1. The van der Waals surface area contributed by atoms with E-state index < -0.39 is 21.2 Å². The summed E-state index contributed by atoms with van der Waals surface area (Å²) in [5.74, 6) is -0.355. The number of nitro benzene ring substituents is 2. The molecule has 0 aliphatic rings. The number of amides is 1. The highest BCUT2D eigenvalue weighted by Gasteiger charge is 2.19. The van der Waals surface area contributed by atoms with Gasteiger partial charge in [-0.15, -0.1) is 0 Å². The van der Waals surface area contributed by atoms with Gasteiger partial charge in [0, 0.05) is 12.5 Å². The Bertz CT molecular complexity index is 764. The molecule has 0 bridgehead atoms. The lowest BCUT2D eigenvalue weighted by Crippen LogP contribution is -2.29. The Morgan fingerprint density at radius 1 is 1.00 bits per heavy atom. The fourth-order valence-corrected chi connectivity index (χ4v) is 1.99. The fraction of sp³-hybridized carbons (Fsp3) is 0.133. The first-order valence-corrected chi connectivity index (χ1v) is 6.99. The Balaban J connectivity index is 1.97. The summed E-state index contributed by atoms with van der Waals surface area (Å²) in [6.45, 7) is 0. The lowest BCUT2D eigenvalue weighted by molar-refractivity contribution is -0.393. The van der Waals surface area contributed by atoms with E-state index in [2.05, 4.69) is 10.9 Å². The molecule has 24 heavy (non-hydrogen) atoms. The molecule has 9 heteroatoms. The van der Waals surface area contributed by atoms with E-state index in [4.69, 9.17) is 0 Å². The third-order valence-electron chi connectivity index (χ3n) is 3.21. The molecule has 0 fully saturated rings. The number of nitrogens with zero attached hydrogens (tertiary/aromatic N) is 2. The smallest absolute Gasteiger partial charge is 0.292 e. The van der Waals surface area contributed by atoms with Crippen LogP contribution in [0.4, 0.5) is 17.1 Å². The third-order valence-corrected chi connectivity index (χ3v) is 3.21. The van der Waals surface area contributed by atoms with E-state index in [9.17, 15) is 25.0 Å². The molecule has 0 spiro atoms. The predicted octanol–water partition coefficient (Wildman–Crippen LogP) is 2.58. The van der Waals surface area contributed by atoms with Crippen molar-refractivity contribution in [2.24, 2.45) is 0 Å². The molecule has 2 aromatic carbocycles. The Kier molecular flexibility index (Phi) is 5.40. The lowest BCUT2D eigenvalue weighted by Gasteiger charge is -2.09. The number of non-ortho nitro benzene ring substituents is 1. The first-order valence-electron chi connectivity index (χ1n) is 6.99. The molecule has 0 unspecified atom stereocenters. The van der Waals surface area contributed by atoms with E-state index in [0.717, 1.165) is 17.7 Å². The first kappa shape index (κ1) is 16.9. The number of hydrogen-bond donors (Lipinski definition) is 2. The van der Waals surface area contributed by atoms with Gasteiger partial charge in [-0.1, -0.05) is 30.3 Å². The molecule has 9 nitrogen and oxygen atoms in total. The summed E-state index contributed by atoms with van der Waals surface area (Å²) in [7, 11) is 0. The molecule has 2 N–H and O–H groups in total. The molecule has 0 atom stereocenters. The zero-order valence-electron chi connectivity index (χ0n) is 12.5. The highest BCUT2D eigenvalue weighted by molar-refractivity contribution is 5.78. The van der Waals surface area contributed by atoms with Crippen molar-refractivity contribution in [1.82, 2.24) is 5.43 Å². The van der Waals surface area contributed by atoms with Crippen LogP contribution in [0, 0.1) is 20.2 Å². The number of nitro groups is 2. The number of nitrogens with one attached hydrogen (secondary N) is 2. The Hall–Kier alpha value is -3.49. The van der Waals surface area contributed by atoms with Gasteiger partial charge in [0.15, 0.2) is 0 Å². The lowest BCUT2D eigenvalue weighted by atomic mass is 10.1. The van der Waals surface area contributed by atoms with Crippen LogP contribution >= 0.6 is 0 Å². The molecule has 0 aliphatic heterocycles. The number of hydrazine groups is 1. The summed E-state index contributed by atoms with van der Waals surface area (Å²) in [4.78, 5) is 32.0. The maximum Gasteiger partial charge on any atom is 0.300 e. The summed E-state index contributed by atoms with van der Waals surface area (Å²) < 4.78 is 0. The van der Waals surface area contributed by atoms with Crippen molar-refractivity contribution in [3.63, 3.8) is 0 Å². The van der Waals surface area contributed by atoms with Crippen molar-refractivity contribution in [1.29, 1.82) is 0 Å². The van der Waals surface area contributed by atoms with E-state index >= 15 is 0 Å². The molecule has 1 amide bonds. The minimum absolute atomic E-state index is 0.0290. The van der Waals surface area contributed by atoms with Gasteiger partial charge in [0.2, 0.25) is 5.91 Å². The largest absolute Gasteiger partial charge is 0.300 e. The molecular weight excluding hydrogens is 316 g/mol. The second-order valence-corrected chi connectivity index (χ2v) is 4.87. The number of benzene rings is 2. The van der Waals surface area contributed by atoms with E-state index in [1.807, 2.05) is 30.3 Å². The van der Waals surface area contributed by atoms with Crippen molar-refractivity contribution in [2.45, 2.75) is 12.8 Å². The maximum atomic E-state index is 11.8. The van der Waals surface area contributed by atoms with E-state index in [1.165, 1.54) is 6.07 Å². The van der Waals surface area contributed by atoms with Crippen LogP contribution in [0.15, 0.2) is 48.5 Å². The SMILES string of the molecule is O=C(CCc1ccccc1)NNc1ccc([N+](=O)[O-])cc1[N+](=O)[O-]. The van der Waals surface area contributed by atoms with Crippen LogP contribution < -0.4 is 10.9 Å². The van der Waals surface area contributed by atoms with Crippen LogP contribution in [0.25, 0.3) is 0 Å². The highest BCUT2D eigenvalue weighted by Crippen LogP contribution is 2.28.